The van der Waals surface area contributed by atoms with Gasteiger partial charge in [0.15, 0.2) is 0 Å². The fraction of sp³-hybridized carbons (Fsp3) is 0.300. The van der Waals surface area contributed by atoms with Crippen molar-refractivity contribution in [2.75, 3.05) is 0 Å². The van der Waals surface area contributed by atoms with Gasteiger partial charge in [-0.3, -0.25) is 14.5 Å². The number of benzene rings is 2. The Kier molecular flexibility index (Phi) is 2.58. The van der Waals surface area contributed by atoms with Crippen LogP contribution in [0.4, 0.5) is 0 Å². The Bertz CT molecular complexity index is 834. The number of carbonyl (C=O) groups excluding carboxylic acids is 2. The van der Waals surface area contributed by atoms with Crippen molar-refractivity contribution in [1.82, 2.24) is 4.90 Å². The first-order valence-electron chi connectivity index (χ1n) is 8.24. The number of imide groups is 1. The molecule has 0 N–H and O–H groups in total. The van der Waals surface area contributed by atoms with E-state index in [1.54, 1.807) is 0 Å². The van der Waals surface area contributed by atoms with E-state index in [0.717, 1.165) is 22.8 Å². The molecule has 3 aliphatic rings. The molecule has 0 radical (unpaired) electrons. The van der Waals surface area contributed by atoms with E-state index >= 15 is 0 Å². The van der Waals surface area contributed by atoms with E-state index in [9.17, 15) is 9.59 Å². The summed E-state index contributed by atoms with van der Waals surface area (Å²) in [7, 11) is 0. The zero-order chi connectivity index (χ0) is 15.6. The van der Waals surface area contributed by atoms with Crippen molar-refractivity contribution in [3.63, 3.8) is 0 Å². The lowest BCUT2D eigenvalue weighted by atomic mass is 9.85. The number of amides is 2. The van der Waals surface area contributed by atoms with Crippen molar-refractivity contribution in [3.8, 4) is 0 Å². The highest BCUT2D eigenvalue weighted by atomic mass is 16.2. The minimum absolute atomic E-state index is 0.0322. The van der Waals surface area contributed by atoms with E-state index in [1.807, 2.05) is 24.3 Å². The first-order valence-corrected chi connectivity index (χ1v) is 8.24. The van der Waals surface area contributed by atoms with E-state index in [-0.39, 0.29) is 35.5 Å². The molecule has 1 heterocycles. The summed E-state index contributed by atoms with van der Waals surface area (Å²) in [6, 6.07) is 14.2. The van der Waals surface area contributed by atoms with Gasteiger partial charge in [-0.1, -0.05) is 54.6 Å². The molecular weight excluding hydrogens is 286 g/mol. The van der Waals surface area contributed by atoms with Crippen LogP contribution in [-0.4, -0.2) is 16.7 Å². The molecule has 1 saturated heterocycles. The normalized spacial score (nSPS) is 31.4. The molecule has 114 valence electrons. The molecule has 2 aliphatic carbocycles. The first kappa shape index (κ1) is 13.1. The van der Waals surface area contributed by atoms with Gasteiger partial charge >= 0.3 is 0 Å². The number of nitrogens with zero attached hydrogens (tertiary/aromatic N) is 1. The van der Waals surface area contributed by atoms with Crippen LogP contribution in [0.3, 0.4) is 0 Å². The average molecular weight is 303 g/mol. The predicted molar refractivity (Wildman–Crippen MR) is 87.2 cm³/mol. The summed E-state index contributed by atoms with van der Waals surface area (Å²) in [6.45, 7) is 0.394. The van der Waals surface area contributed by atoms with Crippen LogP contribution in [-0.2, 0) is 16.1 Å². The summed E-state index contributed by atoms with van der Waals surface area (Å²) in [5.74, 6) is 0.410. The van der Waals surface area contributed by atoms with Gasteiger partial charge in [0.1, 0.15) is 0 Å². The number of carbonyl (C=O) groups is 2. The third-order valence-corrected chi connectivity index (χ3v) is 5.77. The van der Waals surface area contributed by atoms with Crippen LogP contribution >= 0.6 is 0 Å². The molecule has 1 saturated carbocycles. The standard InChI is InChI=1S/C20H17NO2/c22-19-17-13-8-9-14(10-13)18(17)20(23)21(19)11-15-6-3-5-12-4-1-2-7-16(12)15/h1-9,13-14,17-18H,10-11H2/t13-,14-,17-,18-/m0/s1. The van der Waals surface area contributed by atoms with Crippen LogP contribution in [0.1, 0.15) is 12.0 Å². The molecule has 2 aromatic rings. The van der Waals surface area contributed by atoms with E-state index in [1.165, 1.54) is 4.90 Å². The highest BCUT2D eigenvalue weighted by Crippen LogP contribution is 2.52. The summed E-state index contributed by atoms with van der Waals surface area (Å²) in [4.78, 5) is 27.1. The number of hydrogen-bond donors (Lipinski definition) is 0. The maximum Gasteiger partial charge on any atom is 0.234 e. The Balaban J connectivity index is 1.51. The third-order valence-electron chi connectivity index (χ3n) is 5.77. The average Bonchev–Trinajstić information content (AvgIpc) is 3.25. The molecular formula is C20H17NO2. The molecule has 2 aromatic carbocycles. The highest BCUT2D eigenvalue weighted by molar-refractivity contribution is 6.06. The van der Waals surface area contributed by atoms with Gasteiger partial charge in [0.25, 0.3) is 0 Å². The van der Waals surface area contributed by atoms with Gasteiger partial charge in [-0.2, -0.15) is 0 Å². The molecule has 5 rings (SSSR count). The quantitative estimate of drug-likeness (QED) is 0.631. The van der Waals surface area contributed by atoms with E-state index in [0.29, 0.717) is 6.54 Å². The SMILES string of the molecule is O=C1[C@@H]2[C@@H](C(=O)N1Cc1cccc3ccccc13)[C@H]1C=C[C@H]2C1. The largest absolute Gasteiger partial charge is 0.278 e. The van der Waals surface area contributed by atoms with Gasteiger partial charge in [-0.05, 0) is 34.6 Å². The molecule has 1 aliphatic heterocycles. The molecule has 0 spiro atoms. The molecule has 0 unspecified atom stereocenters. The molecule has 4 atom stereocenters. The number of rotatable bonds is 2. The smallest absolute Gasteiger partial charge is 0.234 e. The molecule has 2 amide bonds. The van der Waals surface area contributed by atoms with Crippen molar-refractivity contribution >= 4 is 22.6 Å². The molecule has 3 nitrogen and oxygen atoms in total. The fourth-order valence-corrected chi connectivity index (χ4v) is 4.72. The van der Waals surface area contributed by atoms with Crippen molar-refractivity contribution < 1.29 is 9.59 Å². The Hall–Kier alpha value is -2.42. The monoisotopic (exact) mass is 303 g/mol. The van der Waals surface area contributed by atoms with E-state index in [4.69, 9.17) is 0 Å². The summed E-state index contributed by atoms with van der Waals surface area (Å²) in [5.41, 5.74) is 1.05. The topological polar surface area (TPSA) is 37.4 Å². The summed E-state index contributed by atoms with van der Waals surface area (Å²) < 4.78 is 0. The van der Waals surface area contributed by atoms with Crippen LogP contribution in [0.25, 0.3) is 10.8 Å². The van der Waals surface area contributed by atoms with Gasteiger partial charge in [0, 0.05) is 0 Å². The van der Waals surface area contributed by atoms with E-state index < -0.39 is 0 Å². The Morgan fingerprint density at radius 1 is 0.870 bits per heavy atom. The summed E-state index contributed by atoms with van der Waals surface area (Å²) >= 11 is 0. The lowest BCUT2D eigenvalue weighted by Gasteiger charge is -2.18. The highest BCUT2D eigenvalue weighted by Gasteiger charge is 2.59. The fourth-order valence-electron chi connectivity index (χ4n) is 4.72. The second-order valence-electron chi connectivity index (χ2n) is 6.90. The van der Waals surface area contributed by atoms with Crippen molar-refractivity contribution in [3.05, 3.63) is 60.2 Å². The number of hydrogen-bond acceptors (Lipinski definition) is 2. The lowest BCUT2D eigenvalue weighted by Crippen LogP contribution is -2.32. The number of likely N-dealkylation sites (tertiary alicyclic amines) is 1. The van der Waals surface area contributed by atoms with Crippen LogP contribution in [0.2, 0.25) is 0 Å². The van der Waals surface area contributed by atoms with Crippen molar-refractivity contribution in [1.29, 1.82) is 0 Å². The molecule has 2 fully saturated rings. The predicted octanol–water partition coefficient (Wildman–Crippen LogP) is 3.15. The van der Waals surface area contributed by atoms with Gasteiger partial charge in [0.2, 0.25) is 11.8 Å². The number of allylic oxidation sites excluding steroid dienone is 2. The molecule has 23 heavy (non-hydrogen) atoms. The zero-order valence-corrected chi connectivity index (χ0v) is 12.7. The summed E-state index contributed by atoms with van der Waals surface area (Å²) in [5, 5.41) is 2.26. The Labute approximate surface area is 134 Å². The van der Waals surface area contributed by atoms with Gasteiger partial charge in [0.05, 0.1) is 18.4 Å². The second-order valence-corrected chi connectivity index (χ2v) is 6.90. The van der Waals surface area contributed by atoms with Gasteiger partial charge in [-0.15, -0.1) is 0 Å². The van der Waals surface area contributed by atoms with Crippen LogP contribution < -0.4 is 0 Å². The van der Waals surface area contributed by atoms with Gasteiger partial charge < -0.3 is 0 Å². The minimum Gasteiger partial charge on any atom is -0.278 e. The second kappa shape index (κ2) is 4.54. The lowest BCUT2D eigenvalue weighted by molar-refractivity contribution is -0.141. The Morgan fingerprint density at radius 3 is 2.26 bits per heavy atom. The number of fused-ring (bicyclic) bond motifs is 6. The van der Waals surface area contributed by atoms with Gasteiger partial charge in [-0.25, -0.2) is 0 Å². The molecule has 0 aromatic heterocycles. The van der Waals surface area contributed by atoms with Crippen molar-refractivity contribution in [2.45, 2.75) is 13.0 Å². The maximum absolute atomic E-state index is 12.8. The van der Waals surface area contributed by atoms with Crippen molar-refractivity contribution in [2.24, 2.45) is 23.7 Å². The minimum atomic E-state index is -0.104. The Morgan fingerprint density at radius 2 is 1.52 bits per heavy atom. The van der Waals surface area contributed by atoms with E-state index in [2.05, 4.69) is 30.4 Å². The third kappa shape index (κ3) is 1.70. The maximum atomic E-state index is 12.8. The van der Waals surface area contributed by atoms with Crippen LogP contribution in [0.15, 0.2) is 54.6 Å². The van der Waals surface area contributed by atoms with Crippen LogP contribution in [0.5, 0.6) is 0 Å². The first-order chi connectivity index (χ1) is 11.2. The van der Waals surface area contributed by atoms with Crippen LogP contribution in [0, 0.1) is 23.7 Å². The molecule has 2 bridgehead atoms. The summed E-state index contributed by atoms with van der Waals surface area (Å²) in [6.07, 6.45) is 5.26. The molecule has 3 heteroatoms. The zero-order valence-electron chi connectivity index (χ0n) is 12.7.